The van der Waals surface area contributed by atoms with E-state index in [0.29, 0.717) is 17.1 Å². The van der Waals surface area contributed by atoms with E-state index < -0.39 is 11.2 Å². The minimum Gasteiger partial charge on any atom is -0.497 e. The van der Waals surface area contributed by atoms with Gasteiger partial charge in [0.25, 0.3) is 0 Å². The van der Waals surface area contributed by atoms with Crippen LogP contribution in [0.5, 0.6) is 17.2 Å². The minimum atomic E-state index is -0.519. The fourth-order valence-electron chi connectivity index (χ4n) is 2.01. The predicted octanol–water partition coefficient (Wildman–Crippen LogP) is 4.18. The van der Waals surface area contributed by atoms with Gasteiger partial charge in [-0.15, -0.1) is 11.6 Å². The summed E-state index contributed by atoms with van der Waals surface area (Å²) in [5.74, 6) is 0.995. The average molecular weight is 311 g/mol. The molecule has 1 unspecified atom stereocenters. The monoisotopic (exact) mass is 310 g/mol. The van der Waals surface area contributed by atoms with Crippen molar-refractivity contribution in [1.29, 1.82) is 0 Å². The molecule has 2 aromatic carbocycles. The maximum atomic E-state index is 13.8. The van der Waals surface area contributed by atoms with E-state index in [1.165, 1.54) is 13.2 Å². The van der Waals surface area contributed by atoms with Crippen molar-refractivity contribution in [3.63, 3.8) is 0 Å². The zero-order chi connectivity index (χ0) is 15.4. The van der Waals surface area contributed by atoms with Crippen molar-refractivity contribution >= 4 is 11.6 Å². The van der Waals surface area contributed by atoms with Crippen molar-refractivity contribution in [2.75, 3.05) is 21.3 Å². The number of methoxy groups -OCH3 is 3. The molecule has 0 bridgehead atoms. The van der Waals surface area contributed by atoms with Crippen LogP contribution in [0.2, 0.25) is 0 Å². The molecule has 0 aliphatic rings. The number of hydrogen-bond donors (Lipinski definition) is 0. The number of hydrogen-bond acceptors (Lipinski definition) is 3. The summed E-state index contributed by atoms with van der Waals surface area (Å²) in [6, 6.07) is 9.98. The molecule has 3 nitrogen and oxygen atoms in total. The van der Waals surface area contributed by atoms with Crippen LogP contribution in [0, 0.1) is 5.82 Å². The third-order valence-corrected chi connectivity index (χ3v) is 3.64. The number of benzene rings is 2. The Kier molecular flexibility index (Phi) is 4.91. The molecule has 0 saturated heterocycles. The molecular weight excluding hydrogens is 295 g/mol. The SMILES string of the molecule is COc1cc(OC)cc(C(Cl)c2ccc(OC)c(F)c2)c1. The van der Waals surface area contributed by atoms with Gasteiger partial charge >= 0.3 is 0 Å². The largest absolute Gasteiger partial charge is 0.497 e. The quantitative estimate of drug-likeness (QED) is 0.775. The maximum Gasteiger partial charge on any atom is 0.165 e. The van der Waals surface area contributed by atoms with E-state index in [2.05, 4.69) is 0 Å². The van der Waals surface area contributed by atoms with Crippen LogP contribution in [-0.4, -0.2) is 21.3 Å². The van der Waals surface area contributed by atoms with Crippen LogP contribution in [0.25, 0.3) is 0 Å². The Morgan fingerprint density at radius 1 is 0.857 bits per heavy atom. The lowest BCUT2D eigenvalue weighted by Gasteiger charge is -2.14. The van der Waals surface area contributed by atoms with Crippen molar-refractivity contribution in [3.8, 4) is 17.2 Å². The topological polar surface area (TPSA) is 27.7 Å². The predicted molar refractivity (Wildman–Crippen MR) is 80.2 cm³/mol. The van der Waals surface area contributed by atoms with Gasteiger partial charge in [0.15, 0.2) is 11.6 Å². The third-order valence-electron chi connectivity index (χ3n) is 3.13. The Bertz CT molecular complexity index is 609. The molecule has 1 atom stereocenters. The molecule has 0 radical (unpaired) electrons. The molecule has 0 N–H and O–H groups in total. The molecule has 0 amide bonds. The summed E-state index contributed by atoms with van der Waals surface area (Å²) in [4.78, 5) is 0. The molecule has 0 fully saturated rings. The summed E-state index contributed by atoms with van der Waals surface area (Å²) in [5.41, 5.74) is 1.39. The number of halogens is 2. The summed E-state index contributed by atoms with van der Waals surface area (Å²) in [5, 5.41) is -0.519. The normalized spacial score (nSPS) is 11.9. The van der Waals surface area contributed by atoms with Gasteiger partial charge in [-0.05, 0) is 35.4 Å². The van der Waals surface area contributed by atoms with Gasteiger partial charge < -0.3 is 14.2 Å². The fourth-order valence-corrected chi connectivity index (χ4v) is 2.27. The highest BCUT2D eigenvalue weighted by atomic mass is 35.5. The summed E-state index contributed by atoms with van der Waals surface area (Å²) in [6.45, 7) is 0. The van der Waals surface area contributed by atoms with Gasteiger partial charge in [0.05, 0.1) is 26.7 Å². The van der Waals surface area contributed by atoms with Crippen LogP contribution in [-0.2, 0) is 0 Å². The van der Waals surface area contributed by atoms with Crippen LogP contribution >= 0.6 is 11.6 Å². The third kappa shape index (κ3) is 3.39. The first-order valence-corrected chi connectivity index (χ1v) is 6.73. The summed E-state index contributed by atoms with van der Waals surface area (Å²) < 4.78 is 29.1. The molecule has 0 aromatic heterocycles. The lowest BCUT2D eigenvalue weighted by atomic mass is 10.0. The number of alkyl halides is 1. The van der Waals surface area contributed by atoms with Gasteiger partial charge in [0, 0.05) is 6.07 Å². The van der Waals surface area contributed by atoms with Crippen LogP contribution in [0.3, 0.4) is 0 Å². The maximum absolute atomic E-state index is 13.8. The molecular formula is C16H16ClFO3. The second-order valence-corrected chi connectivity index (χ2v) is 4.84. The Labute approximate surface area is 128 Å². The summed E-state index contributed by atoms with van der Waals surface area (Å²) in [7, 11) is 4.55. The lowest BCUT2D eigenvalue weighted by Crippen LogP contribution is -1.98. The number of ether oxygens (including phenoxy) is 3. The lowest BCUT2D eigenvalue weighted by molar-refractivity contribution is 0.386. The zero-order valence-electron chi connectivity index (χ0n) is 12.0. The molecule has 2 rings (SSSR count). The fraction of sp³-hybridized carbons (Fsp3) is 0.250. The molecule has 0 spiro atoms. The van der Waals surface area contributed by atoms with Gasteiger partial charge in [0.2, 0.25) is 0 Å². The molecule has 0 aliphatic carbocycles. The molecule has 112 valence electrons. The van der Waals surface area contributed by atoms with E-state index >= 15 is 0 Å². The van der Waals surface area contributed by atoms with Crippen molar-refractivity contribution in [3.05, 3.63) is 53.3 Å². The Morgan fingerprint density at radius 2 is 1.48 bits per heavy atom. The van der Waals surface area contributed by atoms with Crippen molar-refractivity contribution in [2.45, 2.75) is 5.38 Å². The summed E-state index contributed by atoms with van der Waals surface area (Å²) in [6.07, 6.45) is 0. The molecule has 21 heavy (non-hydrogen) atoms. The Hall–Kier alpha value is -1.94. The van der Waals surface area contributed by atoms with Crippen molar-refractivity contribution in [2.24, 2.45) is 0 Å². The van der Waals surface area contributed by atoms with Crippen LogP contribution in [0.15, 0.2) is 36.4 Å². The van der Waals surface area contributed by atoms with Crippen LogP contribution in [0.1, 0.15) is 16.5 Å². The smallest absolute Gasteiger partial charge is 0.165 e. The highest BCUT2D eigenvalue weighted by Crippen LogP contribution is 2.35. The van der Waals surface area contributed by atoms with Gasteiger partial charge in [-0.25, -0.2) is 4.39 Å². The highest BCUT2D eigenvalue weighted by Gasteiger charge is 2.15. The van der Waals surface area contributed by atoms with Crippen molar-refractivity contribution < 1.29 is 18.6 Å². The first-order valence-electron chi connectivity index (χ1n) is 6.29. The van der Waals surface area contributed by atoms with E-state index in [4.69, 9.17) is 25.8 Å². The van der Waals surface area contributed by atoms with E-state index in [-0.39, 0.29) is 5.75 Å². The first-order chi connectivity index (χ1) is 10.1. The molecule has 5 heteroatoms. The Morgan fingerprint density at radius 3 is 1.95 bits per heavy atom. The van der Waals surface area contributed by atoms with E-state index in [1.54, 1.807) is 44.6 Å². The molecule has 0 heterocycles. The van der Waals surface area contributed by atoms with Gasteiger partial charge in [-0.1, -0.05) is 6.07 Å². The molecule has 2 aromatic rings. The summed E-state index contributed by atoms with van der Waals surface area (Å²) >= 11 is 6.44. The van der Waals surface area contributed by atoms with Gasteiger partial charge in [0.1, 0.15) is 11.5 Å². The second kappa shape index (κ2) is 6.68. The van der Waals surface area contributed by atoms with Crippen LogP contribution < -0.4 is 14.2 Å². The minimum absolute atomic E-state index is 0.186. The Balaban J connectivity index is 2.39. The molecule has 0 aliphatic heterocycles. The highest BCUT2D eigenvalue weighted by molar-refractivity contribution is 6.22. The average Bonchev–Trinajstić information content (AvgIpc) is 2.53. The first kappa shape index (κ1) is 15.4. The van der Waals surface area contributed by atoms with E-state index in [1.807, 2.05) is 0 Å². The standard InChI is InChI=1S/C16H16ClFO3/c1-19-12-6-11(7-13(9-12)20-2)16(17)10-4-5-15(21-3)14(18)8-10/h4-9,16H,1-3H3. The zero-order valence-corrected chi connectivity index (χ0v) is 12.8. The van der Waals surface area contributed by atoms with Gasteiger partial charge in [-0.2, -0.15) is 0 Å². The van der Waals surface area contributed by atoms with Crippen LogP contribution in [0.4, 0.5) is 4.39 Å². The van der Waals surface area contributed by atoms with Gasteiger partial charge in [-0.3, -0.25) is 0 Å². The van der Waals surface area contributed by atoms with E-state index in [0.717, 1.165) is 5.56 Å². The van der Waals surface area contributed by atoms with E-state index in [9.17, 15) is 4.39 Å². The number of rotatable bonds is 5. The molecule has 0 saturated carbocycles. The second-order valence-electron chi connectivity index (χ2n) is 4.40. The van der Waals surface area contributed by atoms with Crippen molar-refractivity contribution in [1.82, 2.24) is 0 Å².